The van der Waals surface area contributed by atoms with E-state index in [2.05, 4.69) is 57.0 Å². The van der Waals surface area contributed by atoms with Crippen molar-refractivity contribution < 1.29 is 9.90 Å². The number of carboxylic acid groups (broad SMARTS) is 1. The Morgan fingerprint density at radius 3 is 2.13 bits per heavy atom. The fourth-order valence-electron chi connectivity index (χ4n) is 4.35. The van der Waals surface area contributed by atoms with Gasteiger partial charge in [0.15, 0.2) is 8.24 Å². The van der Waals surface area contributed by atoms with Crippen LogP contribution < -0.4 is 0 Å². The average Bonchev–Trinajstić information content (AvgIpc) is 2.83. The highest BCUT2D eigenvalue weighted by Gasteiger charge is 2.46. The molecule has 2 rings (SSSR count). The fourth-order valence-corrected chi connectivity index (χ4v) is 11.2. The zero-order valence-corrected chi connectivity index (χ0v) is 16.3. The molecule has 0 aliphatic heterocycles. The Morgan fingerprint density at radius 1 is 1.17 bits per heavy atom. The minimum absolute atomic E-state index is 0.0582. The van der Waals surface area contributed by atoms with E-state index in [9.17, 15) is 9.90 Å². The number of hydrogen-bond acceptors (Lipinski definition) is 2. The van der Waals surface area contributed by atoms with Crippen LogP contribution >= 0.6 is 11.6 Å². The number of pyridine rings is 1. The van der Waals surface area contributed by atoms with Gasteiger partial charge < -0.3 is 9.34 Å². The number of aromatic carboxylic acids is 1. The van der Waals surface area contributed by atoms with E-state index in [0.717, 1.165) is 11.0 Å². The van der Waals surface area contributed by atoms with Gasteiger partial charge in [-0.25, -0.2) is 9.78 Å². The summed E-state index contributed by atoms with van der Waals surface area (Å²) >= 11 is 6.32. The van der Waals surface area contributed by atoms with Crippen molar-refractivity contribution in [2.75, 3.05) is 0 Å². The maximum atomic E-state index is 11.3. The van der Waals surface area contributed by atoms with Crippen molar-refractivity contribution in [1.29, 1.82) is 0 Å². The Balaban J connectivity index is 2.81. The van der Waals surface area contributed by atoms with Crippen LogP contribution in [0.3, 0.4) is 0 Å². The summed E-state index contributed by atoms with van der Waals surface area (Å²) in [5.41, 5.74) is 2.44. The molecule has 6 heteroatoms. The van der Waals surface area contributed by atoms with Gasteiger partial charge in [0.05, 0.1) is 10.6 Å². The van der Waals surface area contributed by atoms with E-state index in [0.29, 0.717) is 16.6 Å². The summed E-state index contributed by atoms with van der Waals surface area (Å²) in [5.74, 6) is -1.04. The Hall–Kier alpha value is -1.33. The van der Waals surface area contributed by atoms with Crippen molar-refractivity contribution in [3.8, 4) is 0 Å². The predicted octanol–water partition coefficient (Wildman–Crippen LogP) is 5.41. The number of fused-ring (bicyclic) bond motifs is 1. The number of aromatic nitrogens is 2. The standard InChI is InChI=1S/C17H25ClN2O2Si/c1-10(2)23(11(3)4,12(5)6)20-8-7-13-15(18)14(17(21)22)9-19-16(13)20/h7-12H,1-6H3,(H,21,22). The maximum Gasteiger partial charge on any atom is 0.338 e. The van der Waals surface area contributed by atoms with Crippen LogP contribution in [0.4, 0.5) is 0 Å². The van der Waals surface area contributed by atoms with Crippen molar-refractivity contribution >= 4 is 36.8 Å². The number of hydrogen-bond donors (Lipinski definition) is 1. The number of carbonyl (C=O) groups is 1. The van der Waals surface area contributed by atoms with Gasteiger partial charge in [0.1, 0.15) is 5.65 Å². The summed E-state index contributed by atoms with van der Waals surface area (Å²) in [6.45, 7) is 13.7. The quantitative estimate of drug-likeness (QED) is 0.732. The summed E-state index contributed by atoms with van der Waals surface area (Å²) in [7, 11) is -1.94. The highest BCUT2D eigenvalue weighted by molar-refractivity contribution is 6.82. The van der Waals surface area contributed by atoms with E-state index in [4.69, 9.17) is 11.6 Å². The van der Waals surface area contributed by atoms with Gasteiger partial charge in [-0.3, -0.25) is 0 Å². The van der Waals surface area contributed by atoms with Crippen LogP contribution in [0.15, 0.2) is 18.5 Å². The zero-order valence-electron chi connectivity index (χ0n) is 14.6. The molecule has 0 fully saturated rings. The Labute approximate surface area is 143 Å². The second-order valence-electron chi connectivity index (χ2n) is 7.07. The Bertz CT molecular complexity index is 716. The van der Waals surface area contributed by atoms with Gasteiger partial charge >= 0.3 is 5.97 Å². The first-order valence-corrected chi connectivity index (χ1v) is 10.6. The van der Waals surface area contributed by atoms with Crippen LogP contribution in [-0.2, 0) is 0 Å². The fraction of sp³-hybridized carbons (Fsp3) is 0.529. The predicted molar refractivity (Wildman–Crippen MR) is 98.1 cm³/mol. The van der Waals surface area contributed by atoms with Crippen LogP contribution in [-0.4, -0.2) is 28.5 Å². The van der Waals surface area contributed by atoms with Crippen molar-refractivity contribution in [2.24, 2.45) is 0 Å². The zero-order chi connectivity index (χ0) is 17.5. The molecule has 23 heavy (non-hydrogen) atoms. The summed E-state index contributed by atoms with van der Waals surface area (Å²) in [6.07, 6.45) is 3.44. The highest BCUT2D eigenvalue weighted by atomic mass is 35.5. The largest absolute Gasteiger partial charge is 0.478 e. The van der Waals surface area contributed by atoms with Gasteiger partial charge in [0, 0.05) is 11.6 Å². The summed E-state index contributed by atoms with van der Waals surface area (Å²) < 4.78 is 2.33. The molecular weight excluding hydrogens is 328 g/mol. The second kappa shape index (κ2) is 6.28. The third kappa shape index (κ3) is 2.60. The SMILES string of the molecule is CC(C)[Si](C(C)C)(C(C)C)n1ccc2c(Cl)c(C(=O)O)cnc21. The third-order valence-electron chi connectivity index (χ3n) is 5.07. The molecule has 2 aromatic heterocycles. The molecule has 0 radical (unpaired) electrons. The number of carboxylic acids is 1. The molecule has 0 aliphatic rings. The monoisotopic (exact) mass is 352 g/mol. The molecule has 1 N–H and O–H groups in total. The van der Waals surface area contributed by atoms with E-state index < -0.39 is 14.2 Å². The average molecular weight is 353 g/mol. The van der Waals surface area contributed by atoms with E-state index in [1.54, 1.807) is 0 Å². The summed E-state index contributed by atoms with van der Waals surface area (Å²) in [6, 6.07) is 1.91. The van der Waals surface area contributed by atoms with Gasteiger partial charge in [-0.05, 0) is 28.9 Å². The normalized spacial score (nSPS) is 12.8. The molecule has 2 aromatic rings. The molecule has 2 heterocycles. The Kier molecular flexibility index (Phi) is 4.92. The van der Waals surface area contributed by atoms with Gasteiger partial charge in [-0.15, -0.1) is 0 Å². The summed E-state index contributed by atoms with van der Waals surface area (Å²) in [5, 5.41) is 10.2. The molecule has 0 amide bonds. The van der Waals surface area contributed by atoms with Crippen LogP contribution in [0.1, 0.15) is 51.9 Å². The third-order valence-corrected chi connectivity index (χ3v) is 12.2. The van der Waals surface area contributed by atoms with Crippen molar-refractivity contribution in [1.82, 2.24) is 9.22 Å². The topological polar surface area (TPSA) is 55.1 Å². The lowest BCUT2D eigenvalue weighted by Crippen LogP contribution is -2.51. The lowest BCUT2D eigenvalue weighted by Gasteiger charge is -2.44. The van der Waals surface area contributed by atoms with Crippen LogP contribution in [0.5, 0.6) is 0 Å². The second-order valence-corrected chi connectivity index (χ2v) is 13.2. The van der Waals surface area contributed by atoms with E-state index >= 15 is 0 Å². The molecule has 0 spiro atoms. The Morgan fingerprint density at radius 2 is 1.70 bits per heavy atom. The first kappa shape index (κ1) is 18.0. The highest BCUT2D eigenvalue weighted by Crippen LogP contribution is 2.44. The van der Waals surface area contributed by atoms with Gasteiger partial charge in [-0.2, -0.15) is 0 Å². The van der Waals surface area contributed by atoms with Gasteiger partial charge in [0.2, 0.25) is 0 Å². The van der Waals surface area contributed by atoms with Crippen LogP contribution in [0, 0.1) is 0 Å². The minimum Gasteiger partial charge on any atom is -0.478 e. The van der Waals surface area contributed by atoms with E-state index in [-0.39, 0.29) is 10.6 Å². The molecule has 0 unspecified atom stereocenters. The van der Waals surface area contributed by atoms with Crippen molar-refractivity contribution in [2.45, 2.75) is 58.2 Å². The lowest BCUT2D eigenvalue weighted by molar-refractivity contribution is 0.0697. The lowest BCUT2D eigenvalue weighted by atomic mass is 10.2. The van der Waals surface area contributed by atoms with E-state index in [1.165, 1.54) is 6.20 Å². The molecule has 0 atom stereocenters. The molecule has 126 valence electrons. The van der Waals surface area contributed by atoms with Crippen molar-refractivity contribution in [3.63, 3.8) is 0 Å². The molecule has 0 bridgehead atoms. The molecule has 0 aromatic carbocycles. The molecule has 0 saturated carbocycles. The number of nitrogens with zero attached hydrogens (tertiary/aromatic N) is 2. The maximum absolute atomic E-state index is 11.3. The number of halogens is 1. The smallest absolute Gasteiger partial charge is 0.338 e. The molecule has 0 aliphatic carbocycles. The molecular formula is C17H25ClN2O2Si. The van der Waals surface area contributed by atoms with Crippen molar-refractivity contribution in [3.05, 3.63) is 29.0 Å². The molecule has 4 nitrogen and oxygen atoms in total. The summed E-state index contributed by atoms with van der Waals surface area (Å²) in [4.78, 5) is 15.7. The van der Waals surface area contributed by atoms with Crippen LogP contribution in [0.2, 0.25) is 21.6 Å². The minimum atomic E-state index is -1.94. The van der Waals surface area contributed by atoms with Gasteiger partial charge in [0.25, 0.3) is 0 Å². The molecule has 0 saturated heterocycles. The van der Waals surface area contributed by atoms with E-state index in [1.807, 2.05) is 6.07 Å². The van der Waals surface area contributed by atoms with Crippen LogP contribution in [0.25, 0.3) is 11.0 Å². The van der Waals surface area contributed by atoms with Gasteiger partial charge in [-0.1, -0.05) is 53.1 Å². The first-order valence-electron chi connectivity index (χ1n) is 8.04. The first-order chi connectivity index (χ1) is 10.7. The number of rotatable bonds is 5.